The molecule has 0 aromatic carbocycles. The SMILES string of the molecule is CON(C)/C=C/C(=O)CC(NC(=O)OC(C)(C)C)C(=O)OC(C)(C)C. The first-order valence-corrected chi connectivity index (χ1v) is 7.94. The molecular weight excluding hydrogens is 328 g/mol. The number of allylic oxidation sites excluding steroid dienone is 1. The highest BCUT2D eigenvalue weighted by atomic mass is 16.7. The van der Waals surface area contributed by atoms with Gasteiger partial charge in [0.2, 0.25) is 0 Å². The minimum absolute atomic E-state index is 0.262. The molecule has 8 heteroatoms. The van der Waals surface area contributed by atoms with Crippen LogP contribution in [0.4, 0.5) is 4.79 Å². The molecule has 0 aliphatic carbocycles. The summed E-state index contributed by atoms with van der Waals surface area (Å²) in [6.07, 6.45) is 1.59. The lowest BCUT2D eigenvalue weighted by molar-refractivity contribution is -0.158. The molecule has 0 aliphatic heterocycles. The van der Waals surface area contributed by atoms with Crippen LogP contribution in [0.1, 0.15) is 48.0 Å². The van der Waals surface area contributed by atoms with Crippen LogP contribution in [0.3, 0.4) is 0 Å². The summed E-state index contributed by atoms with van der Waals surface area (Å²) in [5.41, 5.74) is -1.48. The molecular formula is C17H30N2O6. The van der Waals surface area contributed by atoms with Gasteiger partial charge in [-0.05, 0) is 47.6 Å². The number of hydroxylamine groups is 2. The molecule has 0 saturated carbocycles. The van der Waals surface area contributed by atoms with Crippen molar-refractivity contribution in [2.45, 2.75) is 65.2 Å². The second-order valence-electron chi connectivity index (χ2n) is 7.45. The fourth-order valence-corrected chi connectivity index (χ4v) is 1.53. The van der Waals surface area contributed by atoms with E-state index in [1.165, 1.54) is 24.4 Å². The number of carbonyl (C=O) groups is 3. The summed E-state index contributed by atoms with van der Waals surface area (Å²) in [5.74, 6) is -1.09. The monoisotopic (exact) mass is 358 g/mol. The van der Waals surface area contributed by atoms with E-state index in [9.17, 15) is 14.4 Å². The zero-order valence-electron chi connectivity index (χ0n) is 16.3. The van der Waals surface area contributed by atoms with Gasteiger partial charge in [-0.25, -0.2) is 9.59 Å². The molecule has 25 heavy (non-hydrogen) atoms. The Morgan fingerprint density at radius 3 is 2.00 bits per heavy atom. The van der Waals surface area contributed by atoms with Crippen LogP contribution in [-0.2, 0) is 23.9 Å². The number of alkyl carbamates (subject to hydrolysis) is 1. The Kier molecular flexibility index (Phi) is 8.62. The van der Waals surface area contributed by atoms with Crippen molar-refractivity contribution < 1.29 is 28.7 Å². The van der Waals surface area contributed by atoms with Gasteiger partial charge < -0.3 is 14.8 Å². The van der Waals surface area contributed by atoms with Gasteiger partial charge in [0.1, 0.15) is 17.2 Å². The van der Waals surface area contributed by atoms with Gasteiger partial charge in [-0.1, -0.05) is 0 Å². The van der Waals surface area contributed by atoms with Crippen molar-refractivity contribution in [3.8, 4) is 0 Å². The molecule has 1 atom stereocenters. The number of nitrogens with zero attached hydrogens (tertiary/aromatic N) is 1. The average Bonchev–Trinajstić information content (AvgIpc) is 2.40. The number of nitrogens with one attached hydrogen (secondary N) is 1. The van der Waals surface area contributed by atoms with Crippen LogP contribution in [0.5, 0.6) is 0 Å². The second-order valence-corrected chi connectivity index (χ2v) is 7.45. The summed E-state index contributed by atoms with van der Waals surface area (Å²) in [4.78, 5) is 41.1. The summed E-state index contributed by atoms with van der Waals surface area (Å²) in [6.45, 7) is 10.2. The zero-order valence-corrected chi connectivity index (χ0v) is 16.3. The van der Waals surface area contributed by atoms with E-state index in [-0.39, 0.29) is 12.2 Å². The fraction of sp³-hybridized carbons (Fsp3) is 0.706. The largest absolute Gasteiger partial charge is 0.458 e. The number of rotatable bonds is 7. The van der Waals surface area contributed by atoms with E-state index in [2.05, 4.69) is 5.32 Å². The Balaban J connectivity index is 5.07. The molecule has 0 aliphatic rings. The average molecular weight is 358 g/mol. The minimum atomic E-state index is -1.15. The molecule has 1 amide bonds. The molecule has 0 heterocycles. The van der Waals surface area contributed by atoms with Crippen LogP contribution in [0.2, 0.25) is 0 Å². The molecule has 0 spiro atoms. The van der Waals surface area contributed by atoms with Crippen molar-refractivity contribution >= 4 is 17.8 Å². The van der Waals surface area contributed by atoms with E-state index in [1.807, 2.05) is 0 Å². The van der Waals surface area contributed by atoms with Crippen molar-refractivity contribution in [3.63, 3.8) is 0 Å². The van der Waals surface area contributed by atoms with Crippen molar-refractivity contribution in [2.75, 3.05) is 14.2 Å². The van der Waals surface area contributed by atoms with Gasteiger partial charge in [0.15, 0.2) is 5.78 Å². The fourth-order valence-electron chi connectivity index (χ4n) is 1.53. The molecule has 0 saturated heterocycles. The van der Waals surface area contributed by atoms with E-state index in [1.54, 1.807) is 48.6 Å². The Labute approximate surface area is 149 Å². The van der Waals surface area contributed by atoms with Crippen LogP contribution in [0.15, 0.2) is 12.3 Å². The third-order valence-corrected chi connectivity index (χ3v) is 2.55. The second kappa shape index (κ2) is 9.41. The van der Waals surface area contributed by atoms with Crippen LogP contribution in [-0.4, -0.2) is 54.3 Å². The zero-order chi connectivity index (χ0) is 19.8. The van der Waals surface area contributed by atoms with E-state index < -0.39 is 29.3 Å². The Bertz CT molecular complexity index is 502. The smallest absolute Gasteiger partial charge is 0.408 e. The lowest BCUT2D eigenvalue weighted by Crippen LogP contribution is -2.46. The number of carbonyl (C=O) groups excluding carboxylic acids is 3. The maximum atomic E-state index is 12.3. The summed E-state index contributed by atoms with van der Waals surface area (Å²) in [7, 11) is 3.05. The summed E-state index contributed by atoms with van der Waals surface area (Å²) < 4.78 is 10.4. The van der Waals surface area contributed by atoms with Crippen LogP contribution in [0, 0.1) is 0 Å². The van der Waals surface area contributed by atoms with Crippen molar-refractivity contribution in [2.24, 2.45) is 0 Å². The number of hydrogen-bond donors (Lipinski definition) is 1. The minimum Gasteiger partial charge on any atom is -0.458 e. The van der Waals surface area contributed by atoms with Gasteiger partial charge in [0.25, 0.3) is 0 Å². The van der Waals surface area contributed by atoms with Gasteiger partial charge in [-0.3, -0.25) is 14.7 Å². The third kappa shape index (κ3) is 12.0. The number of ether oxygens (including phenoxy) is 2. The standard InChI is InChI=1S/C17H30N2O6/c1-16(2,3)24-14(21)13(18-15(22)25-17(4,5)6)11-12(20)9-10-19(7)23-8/h9-10,13H,11H2,1-8H3,(H,18,22)/b10-9+. The van der Waals surface area contributed by atoms with E-state index in [0.717, 1.165) is 0 Å². The molecule has 8 nitrogen and oxygen atoms in total. The van der Waals surface area contributed by atoms with Gasteiger partial charge in [0, 0.05) is 19.7 Å². The molecule has 0 fully saturated rings. The molecule has 0 aromatic heterocycles. The summed E-state index contributed by atoms with van der Waals surface area (Å²) >= 11 is 0. The van der Waals surface area contributed by atoms with Crippen LogP contribution < -0.4 is 5.32 Å². The quantitative estimate of drug-likeness (QED) is 0.423. The Hall–Kier alpha value is -2.09. The predicted octanol–water partition coefficient (Wildman–Crippen LogP) is 2.19. The normalized spacial score (nSPS) is 13.3. The lowest BCUT2D eigenvalue weighted by atomic mass is 10.1. The molecule has 1 unspecified atom stereocenters. The molecule has 0 rings (SSSR count). The van der Waals surface area contributed by atoms with Crippen molar-refractivity contribution in [1.82, 2.24) is 10.4 Å². The molecule has 0 radical (unpaired) electrons. The first-order valence-electron chi connectivity index (χ1n) is 7.94. The highest BCUT2D eigenvalue weighted by molar-refractivity contribution is 5.94. The predicted molar refractivity (Wildman–Crippen MR) is 92.5 cm³/mol. The van der Waals surface area contributed by atoms with Crippen LogP contribution in [0.25, 0.3) is 0 Å². The summed E-state index contributed by atoms with van der Waals surface area (Å²) in [5, 5.41) is 3.71. The Morgan fingerprint density at radius 2 is 1.56 bits per heavy atom. The Morgan fingerprint density at radius 1 is 1.04 bits per heavy atom. The van der Waals surface area contributed by atoms with Gasteiger partial charge in [0.05, 0.1) is 7.11 Å². The van der Waals surface area contributed by atoms with E-state index >= 15 is 0 Å². The first kappa shape index (κ1) is 22.9. The number of esters is 1. The molecule has 1 N–H and O–H groups in total. The number of amides is 1. The van der Waals surface area contributed by atoms with Gasteiger partial charge in [-0.15, -0.1) is 0 Å². The number of ketones is 1. The van der Waals surface area contributed by atoms with Gasteiger partial charge >= 0.3 is 12.1 Å². The van der Waals surface area contributed by atoms with Gasteiger partial charge in [-0.2, -0.15) is 0 Å². The maximum absolute atomic E-state index is 12.3. The number of hydrogen-bond acceptors (Lipinski definition) is 7. The molecule has 0 bridgehead atoms. The lowest BCUT2D eigenvalue weighted by Gasteiger charge is -2.25. The van der Waals surface area contributed by atoms with Crippen molar-refractivity contribution in [3.05, 3.63) is 12.3 Å². The third-order valence-electron chi connectivity index (χ3n) is 2.55. The van der Waals surface area contributed by atoms with E-state index in [4.69, 9.17) is 14.3 Å². The topological polar surface area (TPSA) is 94.2 Å². The highest BCUT2D eigenvalue weighted by Gasteiger charge is 2.30. The summed E-state index contributed by atoms with van der Waals surface area (Å²) in [6, 6.07) is -1.15. The maximum Gasteiger partial charge on any atom is 0.408 e. The van der Waals surface area contributed by atoms with E-state index in [0.29, 0.717) is 0 Å². The molecule has 0 aromatic rings. The van der Waals surface area contributed by atoms with Crippen LogP contribution >= 0.6 is 0 Å². The highest BCUT2D eigenvalue weighted by Crippen LogP contribution is 2.12. The molecule has 144 valence electrons. The first-order chi connectivity index (χ1) is 11.2. The van der Waals surface area contributed by atoms with Crippen molar-refractivity contribution in [1.29, 1.82) is 0 Å².